The van der Waals surface area contributed by atoms with Gasteiger partial charge in [0.1, 0.15) is 0 Å². The SMILES string of the molecule is CCCCC[C@H](O)c1cccc(/C=C/c2ccccc2)c1. The molecule has 0 radical (unpaired) electrons. The number of rotatable bonds is 7. The maximum Gasteiger partial charge on any atom is 0.0790 e. The lowest BCUT2D eigenvalue weighted by Crippen LogP contribution is -1.97. The van der Waals surface area contributed by atoms with E-state index >= 15 is 0 Å². The molecule has 0 fully saturated rings. The zero-order valence-corrected chi connectivity index (χ0v) is 12.7. The Morgan fingerprint density at radius 2 is 1.62 bits per heavy atom. The van der Waals surface area contributed by atoms with Gasteiger partial charge in [-0.3, -0.25) is 0 Å². The van der Waals surface area contributed by atoms with E-state index < -0.39 is 0 Å². The first-order chi connectivity index (χ1) is 10.3. The van der Waals surface area contributed by atoms with E-state index in [-0.39, 0.29) is 6.10 Å². The third kappa shape index (κ3) is 5.20. The van der Waals surface area contributed by atoms with E-state index in [1.807, 2.05) is 30.3 Å². The minimum atomic E-state index is -0.346. The quantitative estimate of drug-likeness (QED) is 0.526. The second-order valence-corrected chi connectivity index (χ2v) is 5.43. The van der Waals surface area contributed by atoms with E-state index in [0.717, 1.165) is 24.0 Å². The predicted octanol–water partition coefficient (Wildman–Crippen LogP) is 5.47. The van der Waals surface area contributed by atoms with Crippen LogP contribution in [0.2, 0.25) is 0 Å². The van der Waals surface area contributed by atoms with Crippen LogP contribution in [0.15, 0.2) is 54.6 Å². The number of aliphatic hydroxyl groups is 1. The van der Waals surface area contributed by atoms with Gasteiger partial charge in [0.15, 0.2) is 0 Å². The highest BCUT2D eigenvalue weighted by molar-refractivity contribution is 5.69. The van der Waals surface area contributed by atoms with E-state index in [4.69, 9.17) is 0 Å². The Hall–Kier alpha value is -1.86. The first kappa shape index (κ1) is 15.5. The van der Waals surface area contributed by atoms with Crippen LogP contribution in [0.5, 0.6) is 0 Å². The molecule has 1 heteroatoms. The van der Waals surface area contributed by atoms with Gasteiger partial charge in [-0.2, -0.15) is 0 Å². The molecule has 0 bridgehead atoms. The van der Waals surface area contributed by atoms with Crippen LogP contribution < -0.4 is 0 Å². The number of unbranched alkanes of at least 4 members (excludes halogenated alkanes) is 2. The summed E-state index contributed by atoms with van der Waals surface area (Å²) in [6.07, 6.45) is 8.15. The molecule has 2 aromatic rings. The largest absolute Gasteiger partial charge is 0.388 e. The second-order valence-electron chi connectivity index (χ2n) is 5.43. The fourth-order valence-electron chi connectivity index (χ4n) is 2.38. The molecule has 2 rings (SSSR count). The summed E-state index contributed by atoms with van der Waals surface area (Å²) in [6.45, 7) is 2.18. The number of aliphatic hydroxyl groups excluding tert-OH is 1. The molecular formula is C20H24O. The van der Waals surface area contributed by atoms with Crippen LogP contribution in [0.3, 0.4) is 0 Å². The van der Waals surface area contributed by atoms with Crippen LogP contribution in [0.25, 0.3) is 12.2 Å². The number of hydrogen-bond acceptors (Lipinski definition) is 1. The van der Waals surface area contributed by atoms with E-state index in [1.54, 1.807) is 0 Å². The van der Waals surface area contributed by atoms with E-state index in [0.29, 0.717) is 0 Å². The van der Waals surface area contributed by atoms with Crippen molar-refractivity contribution < 1.29 is 5.11 Å². The van der Waals surface area contributed by atoms with Crippen molar-refractivity contribution in [3.63, 3.8) is 0 Å². The molecule has 110 valence electrons. The van der Waals surface area contributed by atoms with Gasteiger partial charge in [-0.25, -0.2) is 0 Å². The van der Waals surface area contributed by atoms with Gasteiger partial charge in [-0.1, -0.05) is 86.9 Å². The van der Waals surface area contributed by atoms with Gasteiger partial charge in [0.2, 0.25) is 0 Å². The Kier molecular flexibility index (Phi) is 6.23. The van der Waals surface area contributed by atoms with Crippen molar-refractivity contribution in [2.75, 3.05) is 0 Å². The summed E-state index contributed by atoms with van der Waals surface area (Å²) in [4.78, 5) is 0. The van der Waals surface area contributed by atoms with Gasteiger partial charge >= 0.3 is 0 Å². The van der Waals surface area contributed by atoms with Crippen molar-refractivity contribution in [1.29, 1.82) is 0 Å². The van der Waals surface area contributed by atoms with Gasteiger partial charge in [-0.15, -0.1) is 0 Å². The zero-order valence-electron chi connectivity index (χ0n) is 12.7. The molecule has 0 unspecified atom stereocenters. The maximum atomic E-state index is 10.2. The molecule has 1 atom stereocenters. The molecule has 0 saturated carbocycles. The highest BCUT2D eigenvalue weighted by Crippen LogP contribution is 2.21. The maximum absolute atomic E-state index is 10.2. The van der Waals surface area contributed by atoms with Gasteiger partial charge in [-0.05, 0) is 29.2 Å². The van der Waals surface area contributed by atoms with Crippen molar-refractivity contribution in [1.82, 2.24) is 0 Å². The Bertz CT molecular complexity index is 557. The summed E-state index contributed by atoms with van der Waals surface area (Å²) in [5, 5.41) is 10.2. The second kappa shape index (κ2) is 8.43. The third-order valence-corrected chi connectivity index (χ3v) is 3.64. The molecule has 0 aliphatic rings. The molecule has 0 aliphatic heterocycles. The van der Waals surface area contributed by atoms with Crippen molar-refractivity contribution in [3.05, 3.63) is 71.3 Å². The van der Waals surface area contributed by atoms with Crippen molar-refractivity contribution in [3.8, 4) is 0 Å². The highest BCUT2D eigenvalue weighted by atomic mass is 16.3. The van der Waals surface area contributed by atoms with E-state index in [9.17, 15) is 5.11 Å². The van der Waals surface area contributed by atoms with Crippen LogP contribution in [-0.4, -0.2) is 5.11 Å². The van der Waals surface area contributed by atoms with Crippen LogP contribution in [0, 0.1) is 0 Å². The van der Waals surface area contributed by atoms with Crippen LogP contribution >= 0.6 is 0 Å². The molecule has 1 nitrogen and oxygen atoms in total. The molecule has 0 aromatic heterocycles. The van der Waals surface area contributed by atoms with E-state index in [1.165, 1.54) is 18.4 Å². The molecule has 0 aliphatic carbocycles. The first-order valence-corrected chi connectivity index (χ1v) is 7.80. The zero-order chi connectivity index (χ0) is 14.9. The van der Waals surface area contributed by atoms with Crippen molar-refractivity contribution >= 4 is 12.2 Å². The minimum absolute atomic E-state index is 0.346. The van der Waals surface area contributed by atoms with E-state index in [2.05, 4.69) is 43.3 Å². The lowest BCUT2D eigenvalue weighted by atomic mass is 10.0. The molecule has 0 saturated heterocycles. The lowest BCUT2D eigenvalue weighted by Gasteiger charge is -2.11. The summed E-state index contributed by atoms with van der Waals surface area (Å²) in [5.74, 6) is 0. The standard InChI is InChI=1S/C20H24O/c1-2-3-5-13-20(21)19-12-8-11-18(16-19)15-14-17-9-6-4-7-10-17/h4,6-12,14-16,20-21H,2-3,5,13H2,1H3/b15-14+/t20-/m0/s1. The predicted molar refractivity (Wildman–Crippen MR) is 90.9 cm³/mol. The van der Waals surface area contributed by atoms with Crippen molar-refractivity contribution in [2.45, 2.75) is 38.7 Å². The fraction of sp³-hybridized carbons (Fsp3) is 0.300. The average Bonchev–Trinajstić information content (AvgIpc) is 2.54. The van der Waals surface area contributed by atoms with Crippen LogP contribution in [0.1, 0.15) is 55.4 Å². The monoisotopic (exact) mass is 280 g/mol. The highest BCUT2D eigenvalue weighted by Gasteiger charge is 2.06. The molecule has 0 heterocycles. The smallest absolute Gasteiger partial charge is 0.0790 e. The average molecular weight is 280 g/mol. The van der Waals surface area contributed by atoms with Crippen LogP contribution in [-0.2, 0) is 0 Å². The Morgan fingerprint density at radius 1 is 0.905 bits per heavy atom. The van der Waals surface area contributed by atoms with Gasteiger partial charge < -0.3 is 5.11 Å². The molecule has 2 aromatic carbocycles. The molecule has 21 heavy (non-hydrogen) atoms. The van der Waals surface area contributed by atoms with Crippen molar-refractivity contribution in [2.24, 2.45) is 0 Å². The van der Waals surface area contributed by atoms with Crippen LogP contribution in [0.4, 0.5) is 0 Å². The van der Waals surface area contributed by atoms with Gasteiger partial charge in [0.05, 0.1) is 6.10 Å². The van der Waals surface area contributed by atoms with Gasteiger partial charge in [0, 0.05) is 0 Å². The molecule has 0 amide bonds. The summed E-state index contributed by atoms with van der Waals surface area (Å²) in [6, 6.07) is 18.4. The third-order valence-electron chi connectivity index (χ3n) is 3.64. The number of hydrogen-bond donors (Lipinski definition) is 1. The number of benzene rings is 2. The first-order valence-electron chi connectivity index (χ1n) is 7.80. The summed E-state index contributed by atoms with van der Waals surface area (Å²) < 4.78 is 0. The Balaban J connectivity index is 2.02. The molecular weight excluding hydrogens is 256 g/mol. The Labute approximate surface area is 128 Å². The molecule has 1 N–H and O–H groups in total. The summed E-state index contributed by atoms with van der Waals surface area (Å²) >= 11 is 0. The normalized spacial score (nSPS) is 12.7. The molecule has 0 spiro atoms. The topological polar surface area (TPSA) is 20.2 Å². The Morgan fingerprint density at radius 3 is 2.38 bits per heavy atom. The lowest BCUT2D eigenvalue weighted by molar-refractivity contribution is 0.163. The fourth-order valence-corrected chi connectivity index (χ4v) is 2.38. The van der Waals surface area contributed by atoms with Gasteiger partial charge in [0.25, 0.3) is 0 Å². The summed E-state index contributed by atoms with van der Waals surface area (Å²) in [7, 11) is 0. The summed E-state index contributed by atoms with van der Waals surface area (Å²) in [5.41, 5.74) is 3.33. The minimum Gasteiger partial charge on any atom is -0.388 e.